The van der Waals surface area contributed by atoms with Crippen molar-refractivity contribution in [2.24, 2.45) is 0 Å². The van der Waals surface area contributed by atoms with Gasteiger partial charge in [-0.15, -0.1) is 0 Å². The summed E-state index contributed by atoms with van der Waals surface area (Å²) in [4.78, 5) is 43.9. The minimum atomic E-state index is -0.500. The van der Waals surface area contributed by atoms with Crippen LogP contribution in [0.15, 0.2) is 43.1 Å². The highest BCUT2D eigenvalue weighted by atomic mass is 16.5. The van der Waals surface area contributed by atoms with E-state index >= 15 is 0 Å². The first-order valence-corrected chi connectivity index (χ1v) is 14.7. The molecule has 0 bridgehead atoms. The Labute approximate surface area is 257 Å². The maximum absolute atomic E-state index is 13.2. The van der Waals surface area contributed by atoms with Crippen molar-refractivity contribution in [3.05, 3.63) is 60.1 Å². The zero-order chi connectivity index (χ0) is 31.6. The standard InChI is InChI=1S/C32H40N8O4/c1-8-27(41)36-23-15-24(26(43-7)16-22(23)33-13-14-39(5)6)37-31-34-17-21(30(42)44-19(2)3)29(38-31)40-18-32(11-12-32)28-25(40)10-9-20(4)35-28/h8-10,15-17,19,33H,1,11-14,18H2,2-7H3,(H,36,41)(H,34,37,38). The van der Waals surface area contributed by atoms with E-state index in [1.165, 1.54) is 12.3 Å². The van der Waals surface area contributed by atoms with Crippen LogP contribution in [0.4, 0.5) is 34.5 Å². The molecule has 0 atom stereocenters. The maximum atomic E-state index is 13.2. The number of aromatic nitrogens is 3. The average Bonchev–Trinajstić information content (AvgIpc) is 3.70. The van der Waals surface area contributed by atoms with Gasteiger partial charge in [0.15, 0.2) is 5.82 Å². The van der Waals surface area contributed by atoms with Crippen LogP contribution < -0.4 is 25.6 Å². The van der Waals surface area contributed by atoms with E-state index in [2.05, 4.69) is 32.4 Å². The van der Waals surface area contributed by atoms with Crippen LogP contribution in [0.25, 0.3) is 0 Å². The summed E-state index contributed by atoms with van der Waals surface area (Å²) in [6.07, 6.45) is 4.44. The van der Waals surface area contributed by atoms with Gasteiger partial charge in [0.2, 0.25) is 11.9 Å². The number of fused-ring (bicyclic) bond motifs is 2. The lowest BCUT2D eigenvalue weighted by Crippen LogP contribution is -2.24. The lowest BCUT2D eigenvalue weighted by atomic mass is 10.0. The average molecular weight is 601 g/mol. The number of likely N-dealkylation sites (N-methyl/N-ethyl adjacent to an activating group) is 1. The Morgan fingerprint density at radius 2 is 1.93 bits per heavy atom. The maximum Gasteiger partial charge on any atom is 0.343 e. The van der Waals surface area contributed by atoms with Gasteiger partial charge in [-0.25, -0.2) is 9.78 Å². The molecule has 0 saturated heterocycles. The summed E-state index contributed by atoms with van der Waals surface area (Å²) in [5.74, 6) is 0.330. The minimum Gasteiger partial charge on any atom is -0.494 e. The number of hydrogen-bond donors (Lipinski definition) is 3. The van der Waals surface area contributed by atoms with Gasteiger partial charge < -0.3 is 35.2 Å². The highest BCUT2D eigenvalue weighted by molar-refractivity contribution is 6.02. The molecule has 3 N–H and O–H groups in total. The molecule has 232 valence electrons. The number of amides is 1. The number of esters is 1. The van der Waals surface area contributed by atoms with Gasteiger partial charge in [0.05, 0.1) is 41.7 Å². The van der Waals surface area contributed by atoms with Crippen LogP contribution in [-0.4, -0.2) is 78.7 Å². The Morgan fingerprint density at radius 1 is 1.16 bits per heavy atom. The summed E-state index contributed by atoms with van der Waals surface area (Å²) >= 11 is 0. The van der Waals surface area contributed by atoms with E-state index in [0.717, 1.165) is 36.5 Å². The van der Waals surface area contributed by atoms with E-state index in [9.17, 15) is 9.59 Å². The van der Waals surface area contributed by atoms with Crippen molar-refractivity contribution in [2.75, 3.05) is 61.7 Å². The highest BCUT2D eigenvalue weighted by Crippen LogP contribution is 2.57. The van der Waals surface area contributed by atoms with Gasteiger partial charge in [-0.3, -0.25) is 9.78 Å². The molecule has 2 aliphatic rings. The van der Waals surface area contributed by atoms with Crippen LogP contribution in [0.5, 0.6) is 5.75 Å². The summed E-state index contributed by atoms with van der Waals surface area (Å²) in [6, 6.07) is 7.56. The highest BCUT2D eigenvalue weighted by Gasteiger charge is 2.54. The number of nitrogens with zero attached hydrogens (tertiary/aromatic N) is 5. The Bertz CT molecular complexity index is 1580. The van der Waals surface area contributed by atoms with E-state index in [1.807, 2.05) is 38.1 Å². The molecule has 44 heavy (non-hydrogen) atoms. The molecule has 3 heterocycles. The quantitative estimate of drug-likeness (QED) is 0.196. The summed E-state index contributed by atoms with van der Waals surface area (Å²) in [5, 5.41) is 9.46. The van der Waals surface area contributed by atoms with Gasteiger partial charge >= 0.3 is 5.97 Å². The predicted molar refractivity (Wildman–Crippen MR) is 172 cm³/mol. The lowest BCUT2D eigenvalue weighted by Gasteiger charge is -2.23. The number of rotatable bonds is 12. The number of hydrogen-bond acceptors (Lipinski definition) is 11. The van der Waals surface area contributed by atoms with Crippen molar-refractivity contribution in [1.29, 1.82) is 0 Å². The molecule has 3 aromatic rings. The predicted octanol–water partition coefficient (Wildman–Crippen LogP) is 4.78. The van der Waals surface area contributed by atoms with E-state index in [4.69, 9.17) is 19.4 Å². The number of pyridine rings is 1. The van der Waals surface area contributed by atoms with Crippen molar-refractivity contribution in [3.8, 4) is 5.75 Å². The van der Waals surface area contributed by atoms with Crippen LogP contribution in [0.3, 0.4) is 0 Å². The molecule has 1 fully saturated rings. The normalized spacial score (nSPS) is 14.4. The largest absolute Gasteiger partial charge is 0.494 e. The van der Waals surface area contributed by atoms with E-state index in [-0.39, 0.29) is 28.9 Å². The summed E-state index contributed by atoms with van der Waals surface area (Å²) in [6.45, 7) is 11.3. The third-order valence-electron chi connectivity index (χ3n) is 7.61. The van der Waals surface area contributed by atoms with Crippen molar-refractivity contribution in [1.82, 2.24) is 19.9 Å². The molecular weight excluding hydrogens is 560 g/mol. The van der Waals surface area contributed by atoms with E-state index < -0.39 is 5.97 Å². The second kappa shape index (κ2) is 12.5. The van der Waals surface area contributed by atoms with Gasteiger partial charge in [0.25, 0.3) is 0 Å². The minimum absolute atomic E-state index is 0.0456. The molecule has 1 aromatic carbocycles. The van der Waals surface area contributed by atoms with Gasteiger partial charge in [0.1, 0.15) is 11.3 Å². The first kappa shape index (κ1) is 30.7. The van der Waals surface area contributed by atoms with E-state index in [0.29, 0.717) is 41.7 Å². The Morgan fingerprint density at radius 3 is 2.59 bits per heavy atom. The lowest BCUT2D eigenvalue weighted by molar-refractivity contribution is -0.111. The monoisotopic (exact) mass is 600 g/mol. The topological polar surface area (TPSA) is 134 Å². The third-order valence-corrected chi connectivity index (χ3v) is 7.61. The van der Waals surface area contributed by atoms with Gasteiger partial charge in [-0.2, -0.15) is 4.98 Å². The van der Waals surface area contributed by atoms with Crippen LogP contribution in [-0.2, 0) is 14.9 Å². The Kier molecular flexibility index (Phi) is 8.73. The van der Waals surface area contributed by atoms with Crippen molar-refractivity contribution < 1.29 is 19.1 Å². The fourth-order valence-corrected chi connectivity index (χ4v) is 5.23. The molecular formula is C32H40N8O4. The molecule has 1 aliphatic carbocycles. The fraction of sp³-hybridized carbons (Fsp3) is 0.406. The third kappa shape index (κ3) is 6.45. The number of benzene rings is 1. The fourth-order valence-electron chi connectivity index (χ4n) is 5.23. The van der Waals surface area contributed by atoms with E-state index in [1.54, 1.807) is 33.1 Å². The summed E-state index contributed by atoms with van der Waals surface area (Å²) in [7, 11) is 5.54. The van der Waals surface area contributed by atoms with Crippen LogP contribution >= 0.6 is 0 Å². The van der Waals surface area contributed by atoms with Gasteiger partial charge in [0, 0.05) is 43.0 Å². The number of nitrogens with one attached hydrogen (secondary N) is 3. The number of carbonyl (C=O) groups is 2. The molecule has 12 nitrogen and oxygen atoms in total. The van der Waals surface area contributed by atoms with Crippen LogP contribution in [0.2, 0.25) is 0 Å². The Hall–Kier alpha value is -4.71. The van der Waals surface area contributed by atoms with Crippen molar-refractivity contribution in [2.45, 2.75) is 45.1 Å². The molecule has 1 amide bonds. The molecule has 1 spiro atoms. The first-order valence-electron chi connectivity index (χ1n) is 14.7. The first-order chi connectivity index (χ1) is 21.0. The van der Waals surface area contributed by atoms with Gasteiger partial charge in [-0.1, -0.05) is 6.58 Å². The SMILES string of the molecule is C=CC(=O)Nc1cc(Nc2ncc(C(=O)OC(C)C)c(N3CC4(CC4)c4nc(C)ccc43)n2)c(OC)cc1NCCN(C)C. The molecule has 0 unspecified atom stereocenters. The second-order valence-electron chi connectivity index (χ2n) is 11.7. The van der Waals surface area contributed by atoms with Crippen LogP contribution in [0, 0.1) is 6.92 Å². The zero-order valence-corrected chi connectivity index (χ0v) is 26.2. The molecule has 5 rings (SSSR count). The number of anilines is 6. The zero-order valence-electron chi connectivity index (χ0n) is 26.2. The second-order valence-corrected chi connectivity index (χ2v) is 11.7. The van der Waals surface area contributed by atoms with Crippen molar-refractivity contribution in [3.63, 3.8) is 0 Å². The molecule has 0 radical (unpaired) electrons. The molecule has 1 aliphatic heterocycles. The van der Waals surface area contributed by atoms with Crippen LogP contribution in [0.1, 0.15) is 48.4 Å². The Balaban J connectivity index is 1.54. The number of methoxy groups -OCH3 is 1. The smallest absolute Gasteiger partial charge is 0.343 e. The molecule has 1 saturated carbocycles. The molecule has 12 heteroatoms. The van der Waals surface area contributed by atoms with Gasteiger partial charge in [-0.05, 0) is 72.0 Å². The number of carbonyl (C=O) groups excluding carboxylic acids is 2. The summed E-state index contributed by atoms with van der Waals surface area (Å²) in [5.41, 5.74) is 4.87. The number of aryl methyl sites for hydroxylation is 1. The number of ether oxygens (including phenoxy) is 2. The summed E-state index contributed by atoms with van der Waals surface area (Å²) < 4.78 is 11.3. The van der Waals surface area contributed by atoms with Crippen molar-refractivity contribution >= 4 is 46.4 Å². The molecule has 2 aromatic heterocycles.